The minimum absolute atomic E-state index is 0.0188. The van der Waals surface area contributed by atoms with Gasteiger partial charge >= 0.3 is 0 Å². The molecule has 5 aliphatic rings. The first-order chi connectivity index (χ1) is 18.4. The van der Waals surface area contributed by atoms with E-state index in [1.807, 2.05) is 55.1 Å². The van der Waals surface area contributed by atoms with Crippen molar-refractivity contribution in [1.82, 2.24) is 14.7 Å². The lowest BCUT2D eigenvalue weighted by Gasteiger charge is -2.56. The second-order valence-corrected chi connectivity index (χ2v) is 12.0. The highest BCUT2D eigenvalue weighted by atomic mass is 16.7. The van der Waals surface area contributed by atoms with Gasteiger partial charge in [0, 0.05) is 42.8 Å². The fourth-order valence-electron chi connectivity index (χ4n) is 7.98. The summed E-state index contributed by atoms with van der Waals surface area (Å²) in [5.74, 6) is 1.85. The van der Waals surface area contributed by atoms with Gasteiger partial charge in [0.15, 0.2) is 5.76 Å². The van der Waals surface area contributed by atoms with Gasteiger partial charge in [0.25, 0.3) is 11.5 Å². The third kappa shape index (κ3) is 4.62. The van der Waals surface area contributed by atoms with Gasteiger partial charge in [0.2, 0.25) is 6.29 Å². The molecule has 0 unspecified atom stereocenters. The molecule has 0 saturated heterocycles. The van der Waals surface area contributed by atoms with Crippen LogP contribution in [0.15, 0.2) is 47.0 Å². The SMILES string of the molecule is Cc1c([C@H]2C=C(C(=O)NC34CC5CC(CC(C5)C3)C4)O[C@@H](OCCCO)C2)c(=O)n(-c2ccccc2)n1C. The molecule has 1 aliphatic heterocycles. The number of allylic oxidation sites excluding steroid dienone is 1. The molecule has 0 radical (unpaired) electrons. The Kier molecular flexibility index (Phi) is 6.72. The molecule has 2 N–H and O–H groups in total. The average Bonchev–Trinajstić information content (AvgIpc) is 3.11. The molecule has 4 saturated carbocycles. The number of hydrogen-bond acceptors (Lipinski definition) is 5. The third-order valence-electron chi connectivity index (χ3n) is 9.27. The Morgan fingerprint density at radius 1 is 1.11 bits per heavy atom. The lowest BCUT2D eigenvalue weighted by atomic mass is 9.53. The normalized spacial score (nSPS) is 31.7. The number of ether oxygens (including phenoxy) is 2. The number of carbonyl (C=O) groups excluding carboxylic acids is 1. The Labute approximate surface area is 223 Å². The maximum Gasteiger partial charge on any atom is 0.286 e. The molecule has 204 valence electrons. The maximum atomic E-state index is 13.8. The van der Waals surface area contributed by atoms with Crippen LogP contribution in [0, 0.1) is 24.7 Å². The zero-order valence-electron chi connectivity index (χ0n) is 22.4. The molecule has 0 spiro atoms. The van der Waals surface area contributed by atoms with Crippen molar-refractivity contribution in [3.8, 4) is 5.69 Å². The molecule has 2 aromatic rings. The Balaban J connectivity index is 1.31. The van der Waals surface area contributed by atoms with Crippen molar-refractivity contribution in [2.45, 2.75) is 76.0 Å². The van der Waals surface area contributed by atoms with Crippen molar-refractivity contribution < 1.29 is 19.4 Å². The first-order valence-corrected chi connectivity index (χ1v) is 14.1. The van der Waals surface area contributed by atoms with Gasteiger partial charge in [-0.1, -0.05) is 18.2 Å². The van der Waals surface area contributed by atoms with Gasteiger partial charge in [0.1, 0.15) is 0 Å². The minimum Gasteiger partial charge on any atom is -0.459 e. The number of amides is 1. The zero-order valence-corrected chi connectivity index (χ0v) is 22.4. The van der Waals surface area contributed by atoms with Gasteiger partial charge in [-0.3, -0.25) is 14.3 Å². The number of hydrogen-bond donors (Lipinski definition) is 2. The summed E-state index contributed by atoms with van der Waals surface area (Å²) in [5, 5.41) is 12.6. The smallest absolute Gasteiger partial charge is 0.286 e. The number of aliphatic hydroxyl groups excluding tert-OH is 1. The van der Waals surface area contributed by atoms with Crippen molar-refractivity contribution in [1.29, 1.82) is 0 Å². The summed E-state index contributed by atoms with van der Waals surface area (Å²) >= 11 is 0. The van der Waals surface area contributed by atoms with E-state index in [9.17, 15) is 14.7 Å². The van der Waals surface area contributed by atoms with Gasteiger partial charge < -0.3 is 19.9 Å². The van der Waals surface area contributed by atoms with Gasteiger partial charge in [-0.2, -0.15) is 0 Å². The fourth-order valence-corrected chi connectivity index (χ4v) is 7.98. The lowest BCUT2D eigenvalue weighted by molar-refractivity contribution is -0.150. The first kappa shape index (κ1) is 25.4. The quantitative estimate of drug-likeness (QED) is 0.517. The van der Waals surface area contributed by atoms with Crippen LogP contribution in [-0.2, 0) is 21.3 Å². The molecule has 4 bridgehead atoms. The van der Waals surface area contributed by atoms with Crippen LogP contribution >= 0.6 is 0 Å². The van der Waals surface area contributed by atoms with Crippen LogP contribution in [0.1, 0.15) is 68.5 Å². The molecule has 4 aliphatic carbocycles. The summed E-state index contributed by atoms with van der Waals surface area (Å²) in [6.45, 7) is 2.28. The highest BCUT2D eigenvalue weighted by Crippen LogP contribution is 2.55. The molecule has 2 heterocycles. The van der Waals surface area contributed by atoms with Crippen molar-refractivity contribution in [3.63, 3.8) is 0 Å². The number of aromatic nitrogens is 2. The highest BCUT2D eigenvalue weighted by molar-refractivity contribution is 5.92. The van der Waals surface area contributed by atoms with E-state index >= 15 is 0 Å². The lowest BCUT2D eigenvalue weighted by Crippen LogP contribution is -2.60. The van der Waals surface area contributed by atoms with Crippen molar-refractivity contribution in [2.24, 2.45) is 24.8 Å². The van der Waals surface area contributed by atoms with Crippen LogP contribution in [0.3, 0.4) is 0 Å². The Bertz CT molecular complexity index is 1240. The van der Waals surface area contributed by atoms with Crippen molar-refractivity contribution in [3.05, 3.63) is 63.8 Å². The molecule has 38 heavy (non-hydrogen) atoms. The highest BCUT2D eigenvalue weighted by Gasteiger charge is 2.52. The summed E-state index contributed by atoms with van der Waals surface area (Å²) < 4.78 is 15.6. The maximum absolute atomic E-state index is 13.8. The third-order valence-corrected chi connectivity index (χ3v) is 9.27. The molecular weight excluding hydrogens is 482 g/mol. The predicted molar refractivity (Wildman–Crippen MR) is 143 cm³/mol. The van der Waals surface area contributed by atoms with Gasteiger partial charge in [-0.05, 0) is 87.8 Å². The zero-order chi connectivity index (χ0) is 26.4. The van der Waals surface area contributed by atoms with Crippen LogP contribution in [-0.4, -0.2) is 45.4 Å². The summed E-state index contributed by atoms with van der Waals surface area (Å²) in [6.07, 6.45) is 9.13. The predicted octanol–water partition coefficient (Wildman–Crippen LogP) is 3.68. The van der Waals surface area contributed by atoms with E-state index in [1.165, 1.54) is 19.3 Å². The van der Waals surface area contributed by atoms with E-state index in [0.29, 0.717) is 42.8 Å². The van der Waals surface area contributed by atoms with Crippen LogP contribution in [0.5, 0.6) is 0 Å². The first-order valence-electron chi connectivity index (χ1n) is 14.1. The van der Waals surface area contributed by atoms with E-state index in [0.717, 1.165) is 30.6 Å². The van der Waals surface area contributed by atoms with E-state index in [1.54, 1.807) is 4.68 Å². The monoisotopic (exact) mass is 521 g/mol. The van der Waals surface area contributed by atoms with E-state index in [2.05, 4.69) is 5.32 Å². The van der Waals surface area contributed by atoms with Crippen LogP contribution in [0.4, 0.5) is 0 Å². The second-order valence-electron chi connectivity index (χ2n) is 12.0. The summed E-state index contributed by atoms with van der Waals surface area (Å²) in [7, 11) is 1.88. The molecule has 2 atom stereocenters. The second kappa shape index (κ2) is 10.0. The number of aliphatic hydroxyl groups is 1. The fraction of sp³-hybridized carbons (Fsp3) is 0.600. The number of nitrogens with one attached hydrogen (secondary N) is 1. The van der Waals surface area contributed by atoms with Crippen molar-refractivity contribution >= 4 is 5.91 Å². The number of nitrogens with zero attached hydrogens (tertiary/aromatic N) is 2. The average molecular weight is 522 g/mol. The van der Waals surface area contributed by atoms with Crippen LogP contribution in [0.25, 0.3) is 5.69 Å². The van der Waals surface area contributed by atoms with Gasteiger partial charge in [0.05, 0.1) is 12.3 Å². The summed E-state index contributed by atoms with van der Waals surface area (Å²) in [6, 6.07) is 9.58. The number of benzene rings is 1. The molecule has 1 aromatic heterocycles. The molecule has 4 fully saturated rings. The summed E-state index contributed by atoms with van der Waals surface area (Å²) in [5.41, 5.74) is 2.04. The van der Waals surface area contributed by atoms with E-state index in [-0.39, 0.29) is 35.3 Å². The molecular formula is C30H39N3O5. The van der Waals surface area contributed by atoms with Crippen LogP contribution in [0.2, 0.25) is 0 Å². The van der Waals surface area contributed by atoms with Crippen molar-refractivity contribution in [2.75, 3.05) is 13.2 Å². The van der Waals surface area contributed by atoms with Gasteiger partial charge in [-0.15, -0.1) is 0 Å². The Hall–Kier alpha value is -2.84. The molecule has 7 rings (SSSR count). The Morgan fingerprint density at radius 2 is 1.76 bits per heavy atom. The molecule has 1 amide bonds. The summed E-state index contributed by atoms with van der Waals surface area (Å²) in [4.78, 5) is 27.5. The van der Waals surface area contributed by atoms with E-state index in [4.69, 9.17) is 9.47 Å². The molecule has 8 heteroatoms. The molecule has 8 nitrogen and oxygen atoms in total. The number of rotatable bonds is 8. The van der Waals surface area contributed by atoms with E-state index < -0.39 is 6.29 Å². The van der Waals surface area contributed by atoms with Crippen LogP contribution < -0.4 is 10.9 Å². The minimum atomic E-state index is -0.669. The number of para-hydroxylation sites is 1. The van der Waals surface area contributed by atoms with Gasteiger partial charge in [-0.25, -0.2) is 4.68 Å². The molecule has 1 aromatic carbocycles. The Morgan fingerprint density at radius 3 is 2.39 bits per heavy atom. The topological polar surface area (TPSA) is 94.7 Å². The largest absolute Gasteiger partial charge is 0.459 e. The number of carbonyl (C=O) groups is 1. The standard InChI is InChI=1S/C30H39N3O5/c1-19-27(29(36)33(32(19)2)24-7-4-3-5-8-24)23-14-25(38-26(15-23)37-10-6-9-34)28(35)31-30-16-20-11-21(17-30)13-22(12-20)18-30/h3-5,7-8,14,20-23,26,34H,6,9-13,15-18H2,1-2H3,(H,31,35)/t20?,21?,22?,23-,26+,30?/m0/s1.